The molecule has 1 aliphatic carbocycles. The van der Waals surface area contributed by atoms with Gasteiger partial charge in [0.2, 0.25) is 0 Å². The number of ketones is 2. The van der Waals surface area contributed by atoms with Crippen LogP contribution in [0.25, 0.3) is 0 Å². The van der Waals surface area contributed by atoms with Crippen molar-refractivity contribution in [2.75, 3.05) is 0 Å². The van der Waals surface area contributed by atoms with Gasteiger partial charge in [0.1, 0.15) is 11.6 Å². The molecule has 0 aromatic rings. The molecular weight excluding hydrogens is 336 g/mol. The van der Waals surface area contributed by atoms with E-state index in [0.29, 0.717) is 38.5 Å². The van der Waals surface area contributed by atoms with E-state index in [1.807, 2.05) is 0 Å². The predicted octanol–water partition coefficient (Wildman–Crippen LogP) is 2.88. The van der Waals surface area contributed by atoms with Crippen LogP contribution in [0.1, 0.15) is 84.0 Å². The second-order valence-corrected chi connectivity index (χ2v) is 7.58. The third-order valence-electron chi connectivity index (χ3n) is 5.40. The first-order valence-corrected chi connectivity index (χ1v) is 9.96. The number of hydrogen-bond acceptors (Lipinski definition) is 5. The first-order chi connectivity index (χ1) is 12.3. The Labute approximate surface area is 156 Å². The molecule has 1 saturated carbocycles. The minimum atomic E-state index is -0.865. The number of hydrogen-bond donors (Lipinski definition) is 3. The van der Waals surface area contributed by atoms with Crippen LogP contribution < -0.4 is 0 Å². The normalized spacial score (nSPS) is 25.3. The molecule has 0 saturated heterocycles. The minimum absolute atomic E-state index is 0.00666. The number of aliphatic hydroxyl groups is 2. The Hall–Kier alpha value is -1.27. The Morgan fingerprint density at radius 1 is 0.808 bits per heavy atom. The number of rotatable bonds is 14. The zero-order valence-corrected chi connectivity index (χ0v) is 15.9. The van der Waals surface area contributed by atoms with E-state index in [-0.39, 0.29) is 42.7 Å². The molecule has 0 radical (unpaired) electrons. The summed E-state index contributed by atoms with van der Waals surface area (Å²) < 4.78 is 0. The summed E-state index contributed by atoms with van der Waals surface area (Å²) in [6.07, 6.45) is 4.88. The van der Waals surface area contributed by atoms with Crippen molar-refractivity contribution in [1.29, 1.82) is 0 Å². The van der Waals surface area contributed by atoms with Gasteiger partial charge in [0.25, 0.3) is 0 Å². The SMILES string of the molecule is CCCCCC(=O)CC[C@@H]1[C@@H](CC(=O)CCCCC(=O)O)[C@@H](O)C[C@H]1O. The molecule has 0 spiro atoms. The lowest BCUT2D eigenvalue weighted by Gasteiger charge is -2.22. The van der Waals surface area contributed by atoms with Crippen LogP contribution in [0, 0.1) is 11.8 Å². The van der Waals surface area contributed by atoms with E-state index >= 15 is 0 Å². The number of carbonyl (C=O) groups excluding carboxylic acids is 2. The number of aliphatic carboxylic acids is 1. The van der Waals surface area contributed by atoms with Crippen LogP contribution in [-0.4, -0.2) is 45.1 Å². The van der Waals surface area contributed by atoms with Gasteiger partial charge in [0, 0.05) is 32.1 Å². The second-order valence-electron chi connectivity index (χ2n) is 7.58. The number of unbranched alkanes of at least 4 members (excludes halogenated alkanes) is 3. The fraction of sp³-hybridized carbons (Fsp3) is 0.850. The largest absolute Gasteiger partial charge is 0.481 e. The third kappa shape index (κ3) is 8.41. The number of aliphatic hydroxyl groups excluding tert-OH is 2. The molecule has 4 atom stereocenters. The van der Waals surface area contributed by atoms with E-state index in [4.69, 9.17) is 5.11 Å². The molecule has 26 heavy (non-hydrogen) atoms. The van der Waals surface area contributed by atoms with Crippen molar-refractivity contribution in [3.8, 4) is 0 Å². The van der Waals surface area contributed by atoms with E-state index in [1.54, 1.807) is 0 Å². The quantitative estimate of drug-likeness (QED) is 0.405. The van der Waals surface area contributed by atoms with Crippen molar-refractivity contribution in [1.82, 2.24) is 0 Å². The summed E-state index contributed by atoms with van der Waals surface area (Å²) in [6.45, 7) is 2.09. The Bertz CT molecular complexity index is 461. The summed E-state index contributed by atoms with van der Waals surface area (Å²) in [6, 6.07) is 0. The molecule has 0 bridgehead atoms. The highest BCUT2D eigenvalue weighted by atomic mass is 16.4. The van der Waals surface area contributed by atoms with Gasteiger partial charge < -0.3 is 15.3 Å². The van der Waals surface area contributed by atoms with Gasteiger partial charge in [-0.2, -0.15) is 0 Å². The van der Waals surface area contributed by atoms with Gasteiger partial charge in [0.05, 0.1) is 12.2 Å². The maximum Gasteiger partial charge on any atom is 0.303 e. The van der Waals surface area contributed by atoms with Gasteiger partial charge in [0.15, 0.2) is 0 Å². The van der Waals surface area contributed by atoms with Crippen LogP contribution in [0.4, 0.5) is 0 Å². The number of carboxylic acid groups (broad SMARTS) is 1. The number of Topliss-reactive ketones (excluding diaryl/α,β-unsaturated/α-hetero) is 2. The van der Waals surface area contributed by atoms with Crippen LogP contribution in [0.5, 0.6) is 0 Å². The second kappa shape index (κ2) is 12.2. The average Bonchev–Trinajstić information content (AvgIpc) is 2.83. The van der Waals surface area contributed by atoms with Crippen LogP contribution in [0.3, 0.4) is 0 Å². The summed E-state index contributed by atoms with van der Waals surface area (Å²) in [5, 5.41) is 29.0. The summed E-state index contributed by atoms with van der Waals surface area (Å²) in [4.78, 5) is 34.6. The van der Waals surface area contributed by atoms with Crippen molar-refractivity contribution < 1.29 is 29.7 Å². The zero-order chi connectivity index (χ0) is 19.5. The van der Waals surface area contributed by atoms with E-state index in [9.17, 15) is 24.6 Å². The van der Waals surface area contributed by atoms with Gasteiger partial charge in [-0.25, -0.2) is 0 Å². The first kappa shape index (κ1) is 22.8. The predicted molar refractivity (Wildman–Crippen MR) is 97.7 cm³/mol. The monoisotopic (exact) mass is 370 g/mol. The summed E-state index contributed by atoms with van der Waals surface area (Å²) in [5.41, 5.74) is 0. The molecule has 150 valence electrons. The molecule has 1 aliphatic rings. The lowest BCUT2D eigenvalue weighted by molar-refractivity contribution is -0.137. The first-order valence-electron chi connectivity index (χ1n) is 9.96. The maximum atomic E-state index is 12.1. The lowest BCUT2D eigenvalue weighted by atomic mass is 9.84. The molecule has 0 heterocycles. The van der Waals surface area contributed by atoms with E-state index in [0.717, 1.165) is 19.3 Å². The highest BCUT2D eigenvalue weighted by Crippen LogP contribution is 2.38. The lowest BCUT2D eigenvalue weighted by Crippen LogP contribution is -2.25. The zero-order valence-electron chi connectivity index (χ0n) is 15.9. The molecule has 1 rings (SSSR count). The molecule has 0 unspecified atom stereocenters. The maximum absolute atomic E-state index is 12.1. The molecule has 0 aromatic heterocycles. The average molecular weight is 370 g/mol. The van der Waals surface area contributed by atoms with Gasteiger partial charge in [-0.15, -0.1) is 0 Å². The fourth-order valence-corrected chi connectivity index (χ4v) is 3.85. The topological polar surface area (TPSA) is 112 Å². The Kier molecular flexibility index (Phi) is 10.7. The van der Waals surface area contributed by atoms with Crippen molar-refractivity contribution in [2.45, 2.75) is 96.2 Å². The standard InChI is InChI=1S/C20H34O6/c1-2-3-4-7-14(21)10-11-16-17(19(24)13-18(16)23)12-15(22)8-5-6-9-20(25)26/h16-19,23-24H,2-13H2,1H3,(H,25,26)/t16-,17-,18-,19+/m1/s1. The van der Waals surface area contributed by atoms with E-state index in [1.165, 1.54) is 0 Å². The summed E-state index contributed by atoms with van der Waals surface area (Å²) in [7, 11) is 0. The van der Waals surface area contributed by atoms with Crippen molar-refractivity contribution >= 4 is 17.5 Å². The van der Waals surface area contributed by atoms with Crippen LogP contribution in [-0.2, 0) is 14.4 Å². The minimum Gasteiger partial charge on any atom is -0.481 e. The summed E-state index contributed by atoms with van der Waals surface area (Å²) >= 11 is 0. The molecular formula is C20H34O6. The molecule has 0 amide bonds. The highest BCUT2D eigenvalue weighted by molar-refractivity contribution is 5.79. The van der Waals surface area contributed by atoms with Gasteiger partial charge in [-0.3, -0.25) is 14.4 Å². The van der Waals surface area contributed by atoms with Gasteiger partial charge in [-0.1, -0.05) is 19.8 Å². The van der Waals surface area contributed by atoms with E-state index in [2.05, 4.69) is 6.92 Å². The van der Waals surface area contributed by atoms with Crippen molar-refractivity contribution in [3.63, 3.8) is 0 Å². The van der Waals surface area contributed by atoms with Crippen molar-refractivity contribution in [3.05, 3.63) is 0 Å². The molecule has 0 aliphatic heterocycles. The van der Waals surface area contributed by atoms with Gasteiger partial charge in [-0.05, 0) is 43.9 Å². The molecule has 6 nitrogen and oxygen atoms in total. The van der Waals surface area contributed by atoms with Crippen LogP contribution in [0.15, 0.2) is 0 Å². The Balaban J connectivity index is 2.42. The van der Waals surface area contributed by atoms with E-state index < -0.39 is 18.2 Å². The summed E-state index contributed by atoms with van der Waals surface area (Å²) in [5.74, 6) is -1.21. The van der Waals surface area contributed by atoms with Crippen LogP contribution >= 0.6 is 0 Å². The molecule has 3 N–H and O–H groups in total. The van der Waals surface area contributed by atoms with Crippen LogP contribution in [0.2, 0.25) is 0 Å². The number of carboxylic acids is 1. The Morgan fingerprint density at radius 2 is 1.38 bits per heavy atom. The third-order valence-corrected chi connectivity index (χ3v) is 5.40. The molecule has 6 heteroatoms. The van der Waals surface area contributed by atoms with Crippen molar-refractivity contribution in [2.24, 2.45) is 11.8 Å². The van der Waals surface area contributed by atoms with Gasteiger partial charge >= 0.3 is 5.97 Å². The Morgan fingerprint density at radius 3 is 2.04 bits per heavy atom. The fourth-order valence-electron chi connectivity index (χ4n) is 3.85. The highest BCUT2D eigenvalue weighted by Gasteiger charge is 2.42. The smallest absolute Gasteiger partial charge is 0.303 e. The number of carbonyl (C=O) groups is 3. The molecule has 0 aromatic carbocycles. The molecule has 1 fully saturated rings.